The summed E-state index contributed by atoms with van der Waals surface area (Å²) in [6.45, 7) is -0.397. The van der Waals surface area contributed by atoms with Crippen molar-refractivity contribution in [3.8, 4) is 0 Å². The molecule has 4 aliphatic rings. The third-order valence-electron chi connectivity index (χ3n) is 9.02. The van der Waals surface area contributed by atoms with Crippen molar-refractivity contribution in [2.24, 2.45) is 0 Å². The number of aliphatic carboxylic acids is 1. The molecule has 7 rings (SSSR count). The van der Waals surface area contributed by atoms with Crippen molar-refractivity contribution in [3.05, 3.63) is 73.3 Å². The number of carbonyl (C=O) groups is 5. The molecule has 3 fully saturated rings. The molecule has 52 heavy (non-hydrogen) atoms. The standard InChI is InChI=1S/C32H29F2N5O9S2.2Na/c33-20-9-18-25(38(16-3-4-16)11-19(27(18)41)30(43)44)22(34)26(20)37-6-5-15(10-37)35-32(47)48-12-14-13-50-29-23(28(42)39(29)24(14)31(45)46)36-21(40)8-17-2-1-7-49-17;;/h1-2,7,9,11,15-16,23,29H,3-6,8,10,12-13H2,(H,35,47)(H,36,40)(H,43,44)(H,45,46);;/q;2*+1/p-2/t15?,23-,29-;;/m1../s1. The van der Waals surface area contributed by atoms with E-state index in [1.807, 2.05) is 5.38 Å². The predicted octanol–water partition coefficient (Wildman–Crippen LogP) is -6.00. The van der Waals surface area contributed by atoms with Gasteiger partial charge in [-0.3, -0.25) is 19.3 Å². The third kappa shape index (κ3) is 7.66. The normalized spacial score (nSPS) is 20.7. The molecular weight excluding hydrogens is 746 g/mol. The van der Waals surface area contributed by atoms with Crippen LogP contribution in [0.15, 0.2) is 45.8 Å². The van der Waals surface area contributed by atoms with E-state index in [0.29, 0.717) is 12.8 Å². The van der Waals surface area contributed by atoms with Crippen molar-refractivity contribution in [1.82, 2.24) is 20.1 Å². The van der Waals surface area contributed by atoms with Crippen molar-refractivity contribution < 1.29 is 107 Å². The number of hydrogen-bond donors (Lipinski definition) is 2. The van der Waals surface area contributed by atoms with Crippen LogP contribution >= 0.6 is 23.1 Å². The quantitative estimate of drug-likeness (QED) is 0.147. The number of pyridine rings is 1. The van der Waals surface area contributed by atoms with Gasteiger partial charge in [0.05, 0.1) is 46.6 Å². The molecule has 262 valence electrons. The minimum absolute atomic E-state index is 0. The van der Waals surface area contributed by atoms with Crippen molar-refractivity contribution in [2.75, 3.05) is 30.3 Å². The number of β-lactam (4-membered cyclic amide) rings is 1. The molecule has 3 aliphatic heterocycles. The van der Waals surface area contributed by atoms with Crippen molar-refractivity contribution >= 4 is 69.5 Å². The molecule has 5 heterocycles. The minimum Gasteiger partial charge on any atom is -0.545 e. The number of halogens is 2. The molecule has 0 spiro atoms. The van der Waals surface area contributed by atoms with Crippen LogP contribution < -0.4 is 90.3 Å². The molecule has 0 bridgehead atoms. The molecular formula is C32H27F2N5Na2O9S2. The number of thioether (sulfide) groups is 1. The van der Waals surface area contributed by atoms with E-state index in [1.165, 1.54) is 32.6 Å². The Hall–Kier alpha value is -2.97. The number of carboxylic acids is 2. The number of thiophene rings is 1. The molecule has 2 N–H and O–H groups in total. The second kappa shape index (κ2) is 16.2. The van der Waals surface area contributed by atoms with Crippen LogP contribution in [0, 0.1) is 11.6 Å². The summed E-state index contributed by atoms with van der Waals surface area (Å²) in [5, 5.41) is 29.6. The number of carboxylic acid groups (broad SMARTS) is 2. The van der Waals surface area contributed by atoms with Gasteiger partial charge in [0, 0.05) is 41.5 Å². The Morgan fingerprint density at radius 1 is 1.04 bits per heavy atom. The van der Waals surface area contributed by atoms with Crippen LogP contribution in [0.2, 0.25) is 0 Å². The van der Waals surface area contributed by atoms with Gasteiger partial charge in [-0.1, -0.05) is 6.07 Å². The van der Waals surface area contributed by atoms with Crippen molar-refractivity contribution in [1.29, 1.82) is 0 Å². The van der Waals surface area contributed by atoms with Gasteiger partial charge in [0.1, 0.15) is 29.5 Å². The maximum atomic E-state index is 16.0. The van der Waals surface area contributed by atoms with Gasteiger partial charge in [0.25, 0.3) is 5.91 Å². The Labute approximate surface area is 346 Å². The molecule has 1 unspecified atom stereocenters. The zero-order valence-corrected chi connectivity index (χ0v) is 33.6. The van der Waals surface area contributed by atoms with E-state index >= 15 is 8.78 Å². The van der Waals surface area contributed by atoms with Crippen LogP contribution in [0.3, 0.4) is 0 Å². The fourth-order valence-corrected chi connectivity index (χ4v) is 8.56. The first-order valence-corrected chi connectivity index (χ1v) is 17.5. The molecule has 2 saturated heterocycles. The largest absolute Gasteiger partial charge is 1.00 e. The molecule has 14 nitrogen and oxygen atoms in total. The smallest absolute Gasteiger partial charge is 0.545 e. The second-order valence-electron chi connectivity index (χ2n) is 12.3. The van der Waals surface area contributed by atoms with E-state index in [2.05, 4.69) is 10.6 Å². The Bertz CT molecular complexity index is 2060. The summed E-state index contributed by atoms with van der Waals surface area (Å²) in [6.07, 6.45) is 1.69. The third-order valence-corrected chi connectivity index (χ3v) is 11.2. The van der Waals surface area contributed by atoms with Gasteiger partial charge in [0.15, 0.2) is 11.2 Å². The molecule has 20 heteroatoms. The molecule has 1 aromatic carbocycles. The summed E-state index contributed by atoms with van der Waals surface area (Å²) in [5.74, 6) is -6.42. The van der Waals surface area contributed by atoms with Gasteiger partial charge in [0.2, 0.25) is 5.91 Å². The Morgan fingerprint density at radius 3 is 2.44 bits per heavy atom. The number of aromatic nitrogens is 1. The number of benzene rings is 1. The summed E-state index contributed by atoms with van der Waals surface area (Å²) in [4.78, 5) is 77.6. The zero-order chi connectivity index (χ0) is 35.4. The van der Waals surface area contributed by atoms with E-state index in [9.17, 15) is 39.0 Å². The van der Waals surface area contributed by atoms with Crippen LogP contribution in [0.25, 0.3) is 10.9 Å². The fraction of sp³-hybridized carbons (Fsp3) is 0.375. The summed E-state index contributed by atoms with van der Waals surface area (Å²) in [6, 6.07) is 2.60. The Balaban J connectivity index is 0.00000261. The fourth-order valence-electron chi connectivity index (χ4n) is 6.53. The molecule has 0 radical (unpaired) electrons. The van der Waals surface area contributed by atoms with Crippen LogP contribution in [0.1, 0.15) is 40.5 Å². The number of nitrogens with zero attached hydrogens (tertiary/aromatic N) is 3. The summed E-state index contributed by atoms with van der Waals surface area (Å²) >= 11 is 2.59. The molecule has 3 aromatic rings. The molecule has 2 aromatic heterocycles. The topological polar surface area (TPSA) is 193 Å². The molecule has 3 atom stereocenters. The van der Waals surface area contributed by atoms with E-state index in [-0.39, 0.29) is 114 Å². The number of hydrogen-bond acceptors (Lipinski definition) is 12. The number of aromatic carboxylic acids is 1. The van der Waals surface area contributed by atoms with E-state index in [0.717, 1.165) is 22.0 Å². The number of nitrogens with one attached hydrogen (secondary N) is 2. The van der Waals surface area contributed by atoms with Crippen LogP contribution in [-0.4, -0.2) is 82.2 Å². The first-order chi connectivity index (χ1) is 23.9. The SMILES string of the molecule is O=C(Cc1cccs1)N[C@@H]1C(=O)N2C(C(=O)[O-])=C(COC(=O)NC3CCN(c4c(F)cc5c(=O)c(C(=O)[O-])cn(C6CC6)c5c4F)C3)CS[C@H]12.[Na+].[Na+]. The van der Waals surface area contributed by atoms with Crippen LogP contribution in [0.4, 0.5) is 19.3 Å². The Kier molecular flexibility index (Phi) is 12.5. The van der Waals surface area contributed by atoms with E-state index in [1.54, 1.807) is 12.1 Å². The average molecular weight is 774 g/mol. The number of alkyl carbamates (subject to hydrolysis) is 1. The summed E-state index contributed by atoms with van der Waals surface area (Å²) < 4.78 is 38.0. The van der Waals surface area contributed by atoms with Gasteiger partial charge >= 0.3 is 65.2 Å². The first-order valence-electron chi connectivity index (χ1n) is 15.6. The predicted molar refractivity (Wildman–Crippen MR) is 171 cm³/mol. The summed E-state index contributed by atoms with van der Waals surface area (Å²) in [7, 11) is 0. The number of anilines is 1. The first kappa shape index (κ1) is 40.2. The number of ether oxygens (including phenoxy) is 1. The zero-order valence-electron chi connectivity index (χ0n) is 27.9. The maximum absolute atomic E-state index is 16.0. The van der Waals surface area contributed by atoms with Crippen molar-refractivity contribution in [3.63, 3.8) is 0 Å². The van der Waals surface area contributed by atoms with Gasteiger partial charge < -0.3 is 44.6 Å². The summed E-state index contributed by atoms with van der Waals surface area (Å²) in [5.41, 5.74) is -2.70. The Morgan fingerprint density at radius 2 is 1.79 bits per heavy atom. The van der Waals surface area contributed by atoms with Gasteiger partial charge in [-0.25, -0.2) is 13.6 Å². The van der Waals surface area contributed by atoms with Crippen molar-refractivity contribution in [2.45, 2.75) is 49.2 Å². The van der Waals surface area contributed by atoms with Crippen LogP contribution in [-0.2, 0) is 25.5 Å². The van der Waals surface area contributed by atoms with Gasteiger partial charge in [-0.05, 0) is 36.8 Å². The van der Waals surface area contributed by atoms with Gasteiger partial charge in [-0.15, -0.1) is 23.1 Å². The second-order valence-corrected chi connectivity index (χ2v) is 14.5. The molecule has 3 amide bonds. The molecule has 1 aliphatic carbocycles. The number of amides is 3. The van der Waals surface area contributed by atoms with Gasteiger partial charge in [-0.2, -0.15) is 0 Å². The number of fused-ring (bicyclic) bond motifs is 2. The van der Waals surface area contributed by atoms with Crippen LogP contribution in [0.5, 0.6) is 0 Å². The molecule has 1 saturated carbocycles. The maximum Gasteiger partial charge on any atom is 1.00 e. The monoisotopic (exact) mass is 773 g/mol. The minimum atomic E-state index is -1.75. The van der Waals surface area contributed by atoms with E-state index in [4.69, 9.17) is 4.74 Å². The number of carbonyl (C=O) groups excluding carboxylic acids is 5. The number of rotatable bonds is 10. The average Bonchev–Trinajstić information content (AvgIpc) is 3.60. The van der Waals surface area contributed by atoms with E-state index < -0.39 is 87.4 Å².